The van der Waals surface area contributed by atoms with Gasteiger partial charge >= 0.3 is 0 Å². The second-order valence-corrected chi connectivity index (χ2v) is 5.16. The normalized spacial score (nSPS) is 12.3. The van der Waals surface area contributed by atoms with E-state index in [9.17, 15) is 0 Å². The van der Waals surface area contributed by atoms with Gasteiger partial charge in [0.15, 0.2) is 11.6 Å². The van der Waals surface area contributed by atoms with Crippen molar-refractivity contribution >= 4 is 0 Å². The van der Waals surface area contributed by atoms with E-state index in [0.29, 0.717) is 19.0 Å². The maximum Gasteiger partial charge on any atom is 0.172 e. The van der Waals surface area contributed by atoms with E-state index in [1.807, 2.05) is 38.1 Å². The topological polar surface area (TPSA) is 79.9 Å². The molecule has 0 fully saturated rings. The van der Waals surface area contributed by atoms with Gasteiger partial charge in [-0.3, -0.25) is 0 Å². The maximum atomic E-state index is 5.71. The van der Waals surface area contributed by atoms with Gasteiger partial charge < -0.3 is 9.47 Å². The van der Waals surface area contributed by atoms with Crippen LogP contribution in [0.4, 0.5) is 0 Å². The van der Waals surface area contributed by atoms with Crippen LogP contribution in [0.1, 0.15) is 31.6 Å². The Hall–Kier alpha value is -2.74. The van der Waals surface area contributed by atoms with Crippen molar-refractivity contribution in [3.05, 3.63) is 48.6 Å². The summed E-state index contributed by atoms with van der Waals surface area (Å²) in [6, 6.07) is 7.69. The summed E-state index contributed by atoms with van der Waals surface area (Å²) in [5, 5.41) is 8.72. The van der Waals surface area contributed by atoms with Crippen molar-refractivity contribution in [1.29, 1.82) is 0 Å². The second kappa shape index (κ2) is 7.22. The maximum absolute atomic E-state index is 5.71. The van der Waals surface area contributed by atoms with Gasteiger partial charge in [-0.15, -0.1) is 5.10 Å². The van der Waals surface area contributed by atoms with Crippen molar-refractivity contribution in [3.8, 4) is 11.4 Å². The Bertz CT molecular complexity index is 784. The molecule has 3 aromatic rings. The quantitative estimate of drug-likeness (QED) is 0.660. The lowest BCUT2D eigenvalue weighted by Crippen LogP contribution is -2.10. The van der Waals surface area contributed by atoms with E-state index in [1.54, 1.807) is 22.8 Å². The standard InChI is InChI=1S/C16H20N6O2/c1-4-24-12(2)16-19-15(9-21-11-17-10-18-21)20-22(16)13-7-5-6-8-14(13)23-3/h5-8,10-12H,4,9H2,1-3H3. The van der Waals surface area contributed by atoms with Crippen LogP contribution in [-0.2, 0) is 11.3 Å². The van der Waals surface area contributed by atoms with Gasteiger partial charge in [0.05, 0.1) is 7.11 Å². The van der Waals surface area contributed by atoms with Gasteiger partial charge in [-0.1, -0.05) is 12.1 Å². The zero-order chi connectivity index (χ0) is 16.9. The molecule has 126 valence electrons. The number of para-hydroxylation sites is 2. The molecule has 0 aliphatic rings. The highest BCUT2D eigenvalue weighted by Gasteiger charge is 2.20. The van der Waals surface area contributed by atoms with Crippen LogP contribution in [0.5, 0.6) is 5.75 Å². The molecule has 0 amide bonds. The van der Waals surface area contributed by atoms with E-state index in [4.69, 9.17) is 9.47 Å². The summed E-state index contributed by atoms with van der Waals surface area (Å²) in [7, 11) is 1.64. The highest BCUT2D eigenvalue weighted by molar-refractivity contribution is 5.46. The molecule has 8 nitrogen and oxygen atoms in total. The van der Waals surface area contributed by atoms with Crippen LogP contribution in [0, 0.1) is 0 Å². The zero-order valence-corrected chi connectivity index (χ0v) is 14.0. The number of hydrogen-bond donors (Lipinski definition) is 0. The van der Waals surface area contributed by atoms with Gasteiger partial charge in [-0.05, 0) is 26.0 Å². The molecular weight excluding hydrogens is 308 g/mol. The molecule has 2 heterocycles. The zero-order valence-electron chi connectivity index (χ0n) is 14.0. The second-order valence-electron chi connectivity index (χ2n) is 5.16. The number of rotatable bonds is 7. The molecule has 0 saturated carbocycles. The molecule has 0 aliphatic heterocycles. The Kier molecular flexibility index (Phi) is 4.85. The molecule has 0 N–H and O–H groups in total. The third-order valence-electron chi connectivity index (χ3n) is 3.54. The molecule has 0 bridgehead atoms. The van der Waals surface area contributed by atoms with Crippen LogP contribution in [0.2, 0.25) is 0 Å². The molecule has 1 atom stereocenters. The number of nitrogens with zero attached hydrogens (tertiary/aromatic N) is 6. The van der Waals surface area contributed by atoms with E-state index in [2.05, 4.69) is 20.2 Å². The Labute approximate surface area is 140 Å². The molecule has 3 rings (SSSR count). The number of aromatic nitrogens is 6. The van der Waals surface area contributed by atoms with Crippen molar-refractivity contribution in [2.75, 3.05) is 13.7 Å². The van der Waals surface area contributed by atoms with Crippen LogP contribution in [0.3, 0.4) is 0 Å². The summed E-state index contributed by atoms with van der Waals surface area (Å²) in [4.78, 5) is 8.58. The van der Waals surface area contributed by atoms with Crippen molar-refractivity contribution in [2.45, 2.75) is 26.5 Å². The molecule has 0 aliphatic carbocycles. The van der Waals surface area contributed by atoms with E-state index in [1.165, 1.54) is 6.33 Å². The molecule has 1 aromatic carbocycles. The molecule has 8 heteroatoms. The minimum atomic E-state index is -0.197. The average Bonchev–Trinajstić information content (AvgIpc) is 3.25. The summed E-state index contributed by atoms with van der Waals surface area (Å²) in [5.41, 5.74) is 0.818. The van der Waals surface area contributed by atoms with Crippen molar-refractivity contribution in [3.63, 3.8) is 0 Å². The van der Waals surface area contributed by atoms with Crippen LogP contribution in [-0.4, -0.2) is 43.2 Å². The highest BCUT2D eigenvalue weighted by atomic mass is 16.5. The van der Waals surface area contributed by atoms with Crippen molar-refractivity contribution in [2.24, 2.45) is 0 Å². The van der Waals surface area contributed by atoms with Gasteiger partial charge in [0.1, 0.15) is 36.7 Å². The van der Waals surface area contributed by atoms with E-state index in [0.717, 1.165) is 17.3 Å². The van der Waals surface area contributed by atoms with Crippen LogP contribution in [0.15, 0.2) is 36.9 Å². The molecule has 1 unspecified atom stereocenters. The molecule has 0 spiro atoms. The third-order valence-corrected chi connectivity index (χ3v) is 3.54. The van der Waals surface area contributed by atoms with Gasteiger partial charge in [0.25, 0.3) is 0 Å². The van der Waals surface area contributed by atoms with Gasteiger partial charge in [0, 0.05) is 6.61 Å². The number of methoxy groups -OCH3 is 1. The largest absolute Gasteiger partial charge is 0.494 e. The Morgan fingerprint density at radius 3 is 2.79 bits per heavy atom. The summed E-state index contributed by atoms with van der Waals surface area (Å²) >= 11 is 0. The predicted octanol–water partition coefficient (Wildman–Crippen LogP) is 2.01. The first kappa shape index (κ1) is 16.1. The fourth-order valence-electron chi connectivity index (χ4n) is 2.46. The minimum absolute atomic E-state index is 0.197. The lowest BCUT2D eigenvalue weighted by molar-refractivity contribution is 0.0684. The molecular formula is C16H20N6O2. The number of hydrogen-bond acceptors (Lipinski definition) is 6. The lowest BCUT2D eigenvalue weighted by Gasteiger charge is -2.14. The Morgan fingerprint density at radius 1 is 1.25 bits per heavy atom. The first-order chi connectivity index (χ1) is 11.7. The Balaban J connectivity index is 2.03. The highest BCUT2D eigenvalue weighted by Crippen LogP contribution is 2.26. The van der Waals surface area contributed by atoms with Crippen molar-refractivity contribution < 1.29 is 9.47 Å². The van der Waals surface area contributed by atoms with Crippen LogP contribution >= 0.6 is 0 Å². The average molecular weight is 328 g/mol. The third kappa shape index (κ3) is 3.28. The molecule has 24 heavy (non-hydrogen) atoms. The monoisotopic (exact) mass is 328 g/mol. The van der Waals surface area contributed by atoms with Crippen LogP contribution in [0.25, 0.3) is 5.69 Å². The first-order valence-electron chi connectivity index (χ1n) is 7.76. The van der Waals surface area contributed by atoms with E-state index >= 15 is 0 Å². The van der Waals surface area contributed by atoms with Gasteiger partial charge in [0.2, 0.25) is 0 Å². The SMILES string of the molecule is CCOC(C)c1nc(Cn2cncn2)nn1-c1ccccc1OC. The number of ether oxygens (including phenoxy) is 2. The summed E-state index contributed by atoms with van der Waals surface area (Å²) in [6.07, 6.45) is 2.92. The molecule has 0 saturated heterocycles. The Morgan fingerprint density at radius 2 is 2.08 bits per heavy atom. The van der Waals surface area contributed by atoms with E-state index < -0.39 is 0 Å². The minimum Gasteiger partial charge on any atom is -0.494 e. The van der Waals surface area contributed by atoms with Crippen molar-refractivity contribution in [1.82, 2.24) is 29.5 Å². The summed E-state index contributed by atoms with van der Waals surface area (Å²) < 4.78 is 14.6. The van der Waals surface area contributed by atoms with Crippen LogP contribution < -0.4 is 4.74 Å². The van der Waals surface area contributed by atoms with Gasteiger partial charge in [-0.25, -0.2) is 19.3 Å². The molecule has 2 aromatic heterocycles. The van der Waals surface area contributed by atoms with Gasteiger partial charge in [-0.2, -0.15) is 5.10 Å². The predicted molar refractivity (Wildman–Crippen MR) is 87.1 cm³/mol. The summed E-state index contributed by atoms with van der Waals surface area (Å²) in [5.74, 6) is 2.07. The smallest absolute Gasteiger partial charge is 0.172 e. The first-order valence-corrected chi connectivity index (χ1v) is 7.76. The lowest BCUT2D eigenvalue weighted by atomic mass is 10.3. The fourth-order valence-corrected chi connectivity index (χ4v) is 2.46. The fraction of sp³-hybridized carbons (Fsp3) is 0.375. The number of benzene rings is 1. The van der Waals surface area contributed by atoms with E-state index in [-0.39, 0.29) is 6.10 Å². The molecule has 0 radical (unpaired) electrons. The summed E-state index contributed by atoms with van der Waals surface area (Å²) in [6.45, 7) is 4.95.